The number of rotatable bonds is 4. The van der Waals surface area contributed by atoms with Crippen molar-refractivity contribution >= 4 is 44.9 Å². The van der Waals surface area contributed by atoms with Crippen LogP contribution in [-0.4, -0.2) is 16.6 Å². The quantitative estimate of drug-likeness (QED) is 0.367. The normalized spacial score (nSPS) is 11.6. The summed E-state index contributed by atoms with van der Waals surface area (Å²) < 4.78 is 0. The van der Waals surface area contributed by atoms with Gasteiger partial charge < -0.3 is 0 Å². The van der Waals surface area contributed by atoms with Crippen LogP contribution >= 0.6 is 23.1 Å². The summed E-state index contributed by atoms with van der Waals surface area (Å²) in [5, 5.41) is 6.11. The van der Waals surface area contributed by atoms with Gasteiger partial charge in [0.15, 0.2) is 5.13 Å². The summed E-state index contributed by atoms with van der Waals surface area (Å²) in [5.41, 5.74) is 3.98. The predicted molar refractivity (Wildman–Crippen MR) is 115 cm³/mol. The summed E-state index contributed by atoms with van der Waals surface area (Å²) in [4.78, 5) is 19.7. The van der Waals surface area contributed by atoms with Gasteiger partial charge in [0.1, 0.15) is 0 Å². The lowest BCUT2D eigenvalue weighted by molar-refractivity contribution is 0.102. The van der Waals surface area contributed by atoms with Crippen LogP contribution in [0.2, 0.25) is 0 Å². The SMILES string of the molecule is CCSc1cccc(C(=O)Nc2nc3c(s2)-c2cccc4cccc-3c24)c1. The van der Waals surface area contributed by atoms with Crippen molar-refractivity contribution in [1.29, 1.82) is 0 Å². The van der Waals surface area contributed by atoms with Crippen molar-refractivity contribution in [3.63, 3.8) is 0 Å². The molecule has 1 aliphatic rings. The van der Waals surface area contributed by atoms with Gasteiger partial charge in [0.25, 0.3) is 5.91 Å². The van der Waals surface area contributed by atoms with Crippen molar-refractivity contribution in [1.82, 2.24) is 4.98 Å². The van der Waals surface area contributed by atoms with E-state index in [0.29, 0.717) is 10.7 Å². The zero-order valence-corrected chi connectivity index (χ0v) is 16.3. The van der Waals surface area contributed by atoms with E-state index >= 15 is 0 Å². The first kappa shape index (κ1) is 16.5. The highest BCUT2D eigenvalue weighted by Gasteiger charge is 2.26. The van der Waals surface area contributed by atoms with Crippen LogP contribution in [0.15, 0.2) is 65.6 Å². The summed E-state index contributed by atoms with van der Waals surface area (Å²) in [6.07, 6.45) is 0. The molecule has 1 N–H and O–H groups in total. The molecule has 5 heteroatoms. The van der Waals surface area contributed by atoms with Crippen molar-refractivity contribution in [3.05, 3.63) is 66.2 Å². The molecule has 0 atom stereocenters. The highest BCUT2D eigenvalue weighted by atomic mass is 32.2. The molecule has 0 saturated heterocycles. The molecule has 1 aromatic heterocycles. The van der Waals surface area contributed by atoms with Crippen LogP contribution in [0.3, 0.4) is 0 Å². The number of thioether (sulfide) groups is 1. The number of nitrogens with one attached hydrogen (secondary N) is 1. The Labute approximate surface area is 165 Å². The maximum absolute atomic E-state index is 12.7. The Balaban J connectivity index is 1.47. The van der Waals surface area contributed by atoms with Crippen LogP contribution in [0.4, 0.5) is 5.13 Å². The average Bonchev–Trinajstić information content (AvgIpc) is 3.22. The van der Waals surface area contributed by atoms with E-state index in [9.17, 15) is 4.79 Å². The molecule has 3 aromatic carbocycles. The maximum atomic E-state index is 12.7. The average molecular weight is 389 g/mol. The zero-order valence-electron chi connectivity index (χ0n) is 14.7. The molecule has 1 aliphatic carbocycles. The molecule has 5 rings (SSSR count). The van der Waals surface area contributed by atoms with Crippen molar-refractivity contribution < 1.29 is 4.79 Å². The number of carbonyl (C=O) groups excluding carboxylic acids is 1. The number of amides is 1. The van der Waals surface area contributed by atoms with E-state index in [2.05, 4.69) is 48.6 Å². The predicted octanol–water partition coefficient (Wildman–Crippen LogP) is 6.31. The Morgan fingerprint density at radius 2 is 1.85 bits per heavy atom. The molecule has 0 unspecified atom stereocenters. The first-order chi connectivity index (χ1) is 13.2. The van der Waals surface area contributed by atoms with Gasteiger partial charge >= 0.3 is 0 Å². The van der Waals surface area contributed by atoms with E-state index in [-0.39, 0.29) is 5.91 Å². The van der Waals surface area contributed by atoms with E-state index < -0.39 is 0 Å². The fourth-order valence-corrected chi connectivity index (χ4v) is 5.25. The summed E-state index contributed by atoms with van der Waals surface area (Å²) >= 11 is 3.27. The van der Waals surface area contributed by atoms with Crippen molar-refractivity contribution in [2.75, 3.05) is 11.1 Å². The molecule has 0 fully saturated rings. The Morgan fingerprint density at radius 1 is 1.07 bits per heavy atom. The third-order valence-corrected chi connectivity index (χ3v) is 6.54. The standard InChI is InChI=1S/C22H16N2OS2/c1-2-26-15-9-3-8-14(12-15)21(25)24-22-23-19-16-10-4-6-13-7-5-11-17(18(13)16)20(19)27-22/h3-12H,2H2,1H3,(H,23,24,25). The highest BCUT2D eigenvalue weighted by Crippen LogP contribution is 2.50. The van der Waals surface area contributed by atoms with Crippen LogP contribution in [0, 0.1) is 0 Å². The molecule has 0 bridgehead atoms. The molecule has 3 nitrogen and oxygen atoms in total. The molecule has 1 heterocycles. The smallest absolute Gasteiger partial charge is 0.257 e. The number of aromatic nitrogens is 1. The highest BCUT2D eigenvalue weighted by molar-refractivity contribution is 7.99. The summed E-state index contributed by atoms with van der Waals surface area (Å²) in [6, 6.07) is 20.4. The van der Waals surface area contributed by atoms with Crippen LogP contribution in [0.5, 0.6) is 0 Å². The van der Waals surface area contributed by atoms with Gasteiger partial charge in [-0.25, -0.2) is 4.98 Å². The molecule has 27 heavy (non-hydrogen) atoms. The van der Waals surface area contributed by atoms with Gasteiger partial charge in [0.05, 0.1) is 10.6 Å². The van der Waals surface area contributed by atoms with Crippen LogP contribution in [-0.2, 0) is 0 Å². The number of nitrogens with zero attached hydrogens (tertiary/aromatic N) is 1. The van der Waals surface area contributed by atoms with Gasteiger partial charge in [0.2, 0.25) is 0 Å². The topological polar surface area (TPSA) is 42.0 Å². The van der Waals surface area contributed by atoms with Gasteiger partial charge in [-0.1, -0.05) is 60.7 Å². The van der Waals surface area contributed by atoms with Gasteiger partial charge in [-0.05, 0) is 34.7 Å². The molecule has 0 saturated carbocycles. The largest absolute Gasteiger partial charge is 0.298 e. The first-order valence-corrected chi connectivity index (χ1v) is 10.6. The minimum atomic E-state index is -0.118. The van der Waals surface area contributed by atoms with Crippen molar-refractivity contribution in [2.24, 2.45) is 0 Å². The summed E-state index contributed by atoms with van der Waals surface area (Å²) in [5.74, 6) is 0.863. The lowest BCUT2D eigenvalue weighted by Gasteiger charge is -2.05. The number of hydrogen-bond donors (Lipinski definition) is 1. The second-order valence-corrected chi connectivity index (χ2v) is 8.66. The molecular formula is C22H16N2OS2. The molecule has 132 valence electrons. The summed E-state index contributed by atoms with van der Waals surface area (Å²) in [7, 11) is 0. The Morgan fingerprint density at radius 3 is 2.67 bits per heavy atom. The van der Waals surface area contributed by atoms with Crippen LogP contribution in [0.1, 0.15) is 17.3 Å². The first-order valence-electron chi connectivity index (χ1n) is 8.82. The van der Waals surface area contributed by atoms with Gasteiger partial charge in [-0.2, -0.15) is 0 Å². The molecular weight excluding hydrogens is 372 g/mol. The van der Waals surface area contributed by atoms with Gasteiger partial charge in [-0.3, -0.25) is 10.1 Å². The summed E-state index contributed by atoms with van der Waals surface area (Å²) in [6.45, 7) is 2.10. The third-order valence-electron chi connectivity index (χ3n) is 4.66. The minimum Gasteiger partial charge on any atom is -0.298 e. The second-order valence-electron chi connectivity index (χ2n) is 6.32. The van der Waals surface area contributed by atoms with Crippen molar-refractivity contribution in [3.8, 4) is 21.7 Å². The van der Waals surface area contributed by atoms with E-state index in [0.717, 1.165) is 26.8 Å². The van der Waals surface area contributed by atoms with E-state index in [4.69, 9.17) is 4.98 Å². The van der Waals surface area contributed by atoms with Crippen LogP contribution in [0.25, 0.3) is 32.5 Å². The van der Waals surface area contributed by atoms with Crippen LogP contribution < -0.4 is 5.32 Å². The Kier molecular flexibility index (Phi) is 3.99. The Bertz CT molecular complexity index is 1140. The minimum absolute atomic E-state index is 0.118. The third kappa shape index (κ3) is 2.74. The van der Waals surface area contributed by atoms with E-state index in [1.54, 1.807) is 23.1 Å². The molecule has 0 aliphatic heterocycles. The number of benzene rings is 3. The molecule has 4 aromatic rings. The van der Waals surface area contributed by atoms with Gasteiger partial charge in [0, 0.05) is 21.6 Å². The number of anilines is 1. The Hall–Kier alpha value is -2.63. The lowest BCUT2D eigenvalue weighted by Crippen LogP contribution is -2.11. The monoisotopic (exact) mass is 388 g/mol. The lowest BCUT2D eigenvalue weighted by atomic mass is 10.0. The molecule has 0 radical (unpaired) electrons. The fourth-order valence-electron chi connectivity index (χ4n) is 3.53. The van der Waals surface area contributed by atoms with E-state index in [1.165, 1.54) is 16.3 Å². The zero-order chi connectivity index (χ0) is 18.4. The second kappa shape index (κ2) is 6.51. The van der Waals surface area contributed by atoms with Crippen molar-refractivity contribution in [2.45, 2.75) is 11.8 Å². The fraction of sp³-hybridized carbons (Fsp3) is 0.0909. The number of carbonyl (C=O) groups is 1. The number of hydrogen-bond acceptors (Lipinski definition) is 4. The number of fused-ring (bicyclic) bond motifs is 3. The number of thiazole rings is 1. The van der Waals surface area contributed by atoms with E-state index in [1.807, 2.05) is 24.3 Å². The molecule has 0 spiro atoms. The van der Waals surface area contributed by atoms with Gasteiger partial charge in [-0.15, -0.1) is 11.8 Å². The maximum Gasteiger partial charge on any atom is 0.257 e. The molecule has 1 amide bonds.